The van der Waals surface area contributed by atoms with Crippen LogP contribution in [-0.4, -0.2) is 23.3 Å². The minimum atomic E-state index is -0.422. The Bertz CT molecular complexity index is 1000. The fraction of sp³-hybridized carbons (Fsp3) is 0.190. The Morgan fingerprint density at radius 2 is 1.69 bits per heavy atom. The maximum atomic E-state index is 13.0. The van der Waals surface area contributed by atoms with Crippen molar-refractivity contribution in [2.24, 2.45) is 0 Å². The third-order valence-electron chi connectivity index (χ3n) is 4.14. The normalized spacial score (nSPS) is 10.4. The molecule has 0 unspecified atom stereocenters. The average molecular weight is 412 g/mol. The van der Waals surface area contributed by atoms with Gasteiger partial charge in [-0.05, 0) is 43.7 Å². The van der Waals surface area contributed by atoms with Gasteiger partial charge in [0.05, 0.1) is 17.2 Å². The number of benzene rings is 2. The molecule has 8 heteroatoms. The molecule has 150 valence electrons. The Kier molecular flexibility index (Phi) is 6.56. The van der Waals surface area contributed by atoms with Crippen LogP contribution in [0.1, 0.15) is 31.5 Å². The van der Waals surface area contributed by atoms with E-state index < -0.39 is 5.91 Å². The predicted octanol–water partition coefficient (Wildman–Crippen LogP) is 3.36. The summed E-state index contributed by atoms with van der Waals surface area (Å²) in [5, 5.41) is 3.72. The smallest absolute Gasteiger partial charge is 0.281 e. The Labute approximate surface area is 172 Å². The zero-order chi connectivity index (χ0) is 20.8. The van der Waals surface area contributed by atoms with E-state index in [0.717, 1.165) is 21.8 Å². The molecule has 0 bridgehead atoms. The Morgan fingerprint density at radius 3 is 2.38 bits per heavy atom. The molecule has 0 spiro atoms. The van der Waals surface area contributed by atoms with Crippen LogP contribution < -0.4 is 16.2 Å². The van der Waals surface area contributed by atoms with Gasteiger partial charge in [0.2, 0.25) is 0 Å². The van der Waals surface area contributed by atoms with Gasteiger partial charge < -0.3 is 5.32 Å². The van der Waals surface area contributed by atoms with Crippen molar-refractivity contribution in [2.75, 3.05) is 11.9 Å². The van der Waals surface area contributed by atoms with E-state index in [0.29, 0.717) is 17.0 Å². The minimum Gasteiger partial charge on any atom is -0.376 e. The van der Waals surface area contributed by atoms with E-state index in [1.54, 1.807) is 19.1 Å². The second-order valence-corrected chi connectivity index (χ2v) is 7.63. The predicted molar refractivity (Wildman–Crippen MR) is 111 cm³/mol. The monoisotopic (exact) mass is 412 g/mol. The van der Waals surface area contributed by atoms with Gasteiger partial charge in [0, 0.05) is 12.1 Å². The molecule has 1 heterocycles. The van der Waals surface area contributed by atoms with Crippen LogP contribution in [0, 0.1) is 19.7 Å². The molecule has 0 atom stereocenters. The zero-order valence-corrected chi connectivity index (χ0v) is 16.9. The molecule has 0 saturated heterocycles. The van der Waals surface area contributed by atoms with Gasteiger partial charge >= 0.3 is 0 Å². The summed E-state index contributed by atoms with van der Waals surface area (Å²) in [6.45, 7) is 3.75. The summed E-state index contributed by atoms with van der Waals surface area (Å²) in [6.07, 6.45) is 0.506. The summed E-state index contributed by atoms with van der Waals surface area (Å²) >= 11 is 1.25. The first kappa shape index (κ1) is 20.5. The summed E-state index contributed by atoms with van der Waals surface area (Å²) in [5.74, 6) is -1.08. The molecular weight excluding hydrogens is 391 g/mol. The molecule has 3 N–H and O–H groups in total. The number of carbonyl (C=O) groups excluding carboxylic acids is 2. The van der Waals surface area contributed by atoms with E-state index in [4.69, 9.17) is 0 Å². The van der Waals surface area contributed by atoms with E-state index in [1.165, 1.54) is 23.5 Å². The largest absolute Gasteiger partial charge is 0.376 e. The number of hydrazine groups is 1. The quantitative estimate of drug-likeness (QED) is 0.542. The van der Waals surface area contributed by atoms with E-state index >= 15 is 0 Å². The van der Waals surface area contributed by atoms with Crippen LogP contribution in [0.4, 0.5) is 10.1 Å². The van der Waals surface area contributed by atoms with Crippen molar-refractivity contribution >= 4 is 28.8 Å². The molecule has 0 radical (unpaired) electrons. The summed E-state index contributed by atoms with van der Waals surface area (Å²) in [7, 11) is 0. The van der Waals surface area contributed by atoms with Crippen molar-refractivity contribution < 1.29 is 14.0 Å². The number of aryl methyl sites for hydroxylation is 2. The van der Waals surface area contributed by atoms with Crippen molar-refractivity contribution in [3.05, 3.63) is 81.1 Å². The van der Waals surface area contributed by atoms with Gasteiger partial charge in [0.25, 0.3) is 11.8 Å². The van der Waals surface area contributed by atoms with Gasteiger partial charge in [-0.2, -0.15) is 0 Å². The number of rotatable bonds is 6. The molecule has 1 aromatic heterocycles. The van der Waals surface area contributed by atoms with Crippen molar-refractivity contribution in [1.29, 1.82) is 0 Å². The highest BCUT2D eigenvalue weighted by atomic mass is 32.1. The summed E-state index contributed by atoms with van der Waals surface area (Å²) in [5.41, 5.74) is 8.24. The Hall–Kier alpha value is -3.26. The SMILES string of the molecule is Cc1ccc(NCC(=O)NNC(=O)c2sc(Cc3ccc(F)cc3)nc2C)cc1. The molecule has 0 aliphatic carbocycles. The fourth-order valence-corrected chi connectivity index (χ4v) is 3.59. The van der Waals surface area contributed by atoms with Crippen molar-refractivity contribution in [3.63, 3.8) is 0 Å². The molecule has 0 aliphatic rings. The van der Waals surface area contributed by atoms with Gasteiger partial charge in [-0.25, -0.2) is 9.37 Å². The lowest BCUT2D eigenvalue weighted by Gasteiger charge is -2.08. The second kappa shape index (κ2) is 9.29. The highest BCUT2D eigenvalue weighted by Gasteiger charge is 2.16. The molecular formula is C21H21FN4O2S. The highest BCUT2D eigenvalue weighted by Crippen LogP contribution is 2.21. The fourth-order valence-electron chi connectivity index (χ4n) is 2.60. The number of amides is 2. The minimum absolute atomic E-state index is 0.0286. The van der Waals surface area contributed by atoms with Crippen LogP contribution in [0.15, 0.2) is 48.5 Å². The number of hydrogen-bond donors (Lipinski definition) is 3. The summed E-state index contributed by atoms with van der Waals surface area (Å²) < 4.78 is 13.0. The molecule has 0 aliphatic heterocycles. The van der Waals surface area contributed by atoms with Crippen LogP contribution in [0.2, 0.25) is 0 Å². The van der Waals surface area contributed by atoms with Gasteiger partial charge in [0.15, 0.2) is 0 Å². The maximum Gasteiger partial charge on any atom is 0.281 e. The van der Waals surface area contributed by atoms with Crippen LogP contribution in [0.25, 0.3) is 0 Å². The lowest BCUT2D eigenvalue weighted by Crippen LogP contribution is -2.44. The third-order valence-corrected chi connectivity index (χ3v) is 5.29. The van der Waals surface area contributed by atoms with Crippen molar-refractivity contribution in [2.45, 2.75) is 20.3 Å². The van der Waals surface area contributed by atoms with Crippen LogP contribution in [-0.2, 0) is 11.2 Å². The van der Waals surface area contributed by atoms with Crippen LogP contribution in [0.3, 0.4) is 0 Å². The first-order valence-electron chi connectivity index (χ1n) is 9.01. The molecule has 3 rings (SSSR count). The molecule has 2 amide bonds. The molecule has 29 heavy (non-hydrogen) atoms. The second-order valence-electron chi connectivity index (χ2n) is 6.55. The number of nitrogens with zero attached hydrogens (tertiary/aromatic N) is 1. The van der Waals surface area contributed by atoms with Crippen LogP contribution >= 0.6 is 11.3 Å². The topological polar surface area (TPSA) is 83.1 Å². The van der Waals surface area contributed by atoms with E-state index in [2.05, 4.69) is 21.2 Å². The Morgan fingerprint density at radius 1 is 1.00 bits per heavy atom. The number of nitrogens with one attached hydrogen (secondary N) is 3. The van der Waals surface area contributed by atoms with E-state index in [1.807, 2.05) is 31.2 Å². The standard InChI is InChI=1S/C21H21FN4O2S/c1-13-3-9-17(10-4-13)23-12-18(27)25-26-21(28)20-14(2)24-19(29-20)11-15-5-7-16(22)8-6-15/h3-10,23H,11-12H2,1-2H3,(H,25,27)(H,26,28). The molecule has 0 saturated carbocycles. The lowest BCUT2D eigenvalue weighted by atomic mass is 10.1. The average Bonchev–Trinajstić information content (AvgIpc) is 3.07. The molecule has 6 nitrogen and oxygen atoms in total. The first-order valence-corrected chi connectivity index (χ1v) is 9.83. The maximum absolute atomic E-state index is 13.0. The van der Waals surface area contributed by atoms with Crippen molar-refractivity contribution in [3.8, 4) is 0 Å². The third kappa shape index (κ3) is 5.86. The number of aromatic nitrogens is 1. The summed E-state index contributed by atoms with van der Waals surface area (Å²) in [6, 6.07) is 13.8. The van der Waals surface area contributed by atoms with E-state index in [9.17, 15) is 14.0 Å². The molecule has 0 fully saturated rings. The van der Waals surface area contributed by atoms with E-state index in [-0.39, 0.29) is 18.3 Å². The van der Waals surface area contributed by atoms with Gasteiger partial charge in [-0.1, -0.05) is 29.8 Å². The number of carbonyl (C=O) groups is 2. The summed E-state index contributed by atoms with van der Waals surface area (Å²) in [4.78, 5) is 29.1. The van der Waals surface area contributed by atoms with Crippen molar-refractivity contribution in [1.82, 2.24) is 15.8 Å². The molecule has 3 aromatic rings. The zero-order valence-electron chi connectivity index (χ0n) is 16.1. The number of hydrogen-bond acceptors (Lipinski definition) is 5. The van der Waals surface area contributed by atoms with Gasteiger partial charge in [-0.3, -0.25) is 20.4 Å². The number of halogens is 1. The van der Waals surface area contributed by atoms with Gasteiger partial charge in [0.1, 0.15) is 10.7 Å². The highest BCUT2D eigenvalue weighted by molar-refractivity contribution is 7.13. The molecule has 2 aromatic carbocycles. The first-order chi connectivity index (χ1) is 13.9. The van der Waals surface area contributed by atoms with Gasteiger partial charge in [-0.15, -0.1) is 11.3 Å². The van der Waals surface area contributed by atoms with Crippen LogP contribution in [0.5, 0.6) is 0 Å². The Balaban J connectivity index is 1.51. The number of thiazole rings is 1. The number of anilines is 1. The lowest BCUT2D eigenvalue weighted by molar-refractivity contribution is -0.120.